The van der Waals surface area contributed by atoms with Crippen LogP contribution in [0.1, 0.15) is 11.3 Å². The molecule has 1 aliphatic rings. The van der Waals surface area contributed by atoms with Gasteiger partial charge in [-0.15, -0.1) is 0 Å². The standard InChI is InChI=1S/C23H16BrFN2O4S/c1-13-5-7-17(18(24)9-13)19-8-6-16(31-19)11-20-22(29)27(23(30)32-20)12-21(28)26-15-4-2-3-14(25)10-15/h2-11H,12H2,1H3,(H,26,28)/b20-11-. The van der Waals surface area contributed by atoms with Crippen LogP contribution in [-0.4, -0.2) is 28.5 Å². The number of rotatable bonds is 5. The minimum Gasteiger partial charge on any atom is -0.457 e. The molecule has 0 radical (unpaired) electrons. The number of aryl methyl sites for hydroxylation is 1. The van der Waals surface area contributed by atoms with Crippen LogP contribution in [0.3, 0.4) is 0 Å². The molecule has 0 bridgehead atoms. The largest absolute Gasteiger partial charge is 0.457 e. The van der Waals surface area contributed by atoms with E-state index < -0.39 is 29.4 Å². The first-order chi connectivity index (χ1) is 15.3. The third kappa shape index (κ3) is 4.84. The smallest absolute Gasteiger partial charge is 0.294 e. The number of hydrogen-bond donors (Lipinski definition) is 1. The molecule has 1 N–H and O–H groups in total. The monoisotopic (exact) mass is 514 g/mol. The fourth-order valence-electron chi connectivity index (χ4n) is 3.07. The van der Waals surface area contributed by atoms with Gasteiger partial charge in [-0.1, -0.05) is 28.1 Å². The molecule has 32 heavy (non-hydrogen) atoms. The molecule has 6 nitrogen and oxygen atoms in total. The Kier molecular flexibility index (Phi) is 6.29. The summed E-state index contributed by atoms with van der Waals surface area (Å²) in [6, 6.07) is 14.7. The molecule has 2 heterocycles. The molecule has 3 aromatic rings. The number of benzene rings is 2. The second-order valence-electron chi connectivity index (χ2n) is 7.01. The summed E-state index contributed by atoms with van der Waals surface area (Å²) in [6.45, 7) is 1.51. The normalized spacial score (nSPS) is 15.0. The number of furan rings is 1. The Morgan fingerprint density at radius 3 is 2.75 bits per heavy atom. The minimum atomic E-state index is -0.608. The highest BCUT2D eigenvalue weighted by molar-refractivity contribution is 9.10. The van der Waals surface area contributed by atoms with E-state index in [4.69, 9.17) is 4.42 Å². The summed E-state index contributed by atoms with van der Waals surface area (Å²) < 4.78 is 20.0. The molecular formula is C23H16BrFN2O4S. The van der Waals surface area contributed by atoms with Crippen molar-refractivity contribution in [2.24, 2.45) is 0 Å². The molecule has 2 aromatic carbocycles. The number of halogens is 2. The van der Waals surface area contributed by atoms with Gasteiger partial charge in [0.15, 0.2) is 0 Å². The van der Waals surface area contributed by atoms with Crippen molar-refractivity contribution in [3.05, 3.63) is 81.1 Å². The van der Waals surface area contributed by atoms with E-state index in [9.17, 15) is 18.8 Å². The average molecular weight is 515 g/mol. The highest BCUT2D eigenvalue weighted by Crippen LogP contribution is 2.34. The molecule has 0 unspecified atom stereocenters. The van der Waals surface area contributed by atoms with Gasteiger partial charge in [-0.2, -0.15) is 0 Å². The van der Waals surface area contributed by atoms with E-state index in [1.54, 1.807) is 12.1 Å². The van der Waals surface area contributed by atoms with Crippen LogP contribution in [0.5, 0.6) is 0 Å². The lowest BCUT2D eigenvalue weighted by Gasteiger charge is -2.12. The molecule has 0 aliphatic carbocycles. The molecule has 1 aromatic heterocycles. The lowest BCUT2D eigenvalue weighted by atomic mass is 10.1. The Morgan fingerprint density at radius 1 is 1.19 bits per heavy atom. The van der Waals surface area contributed by atoms with Gasteiger partial charge < -0.3 is 9.73 Å². The molecular weight excluding hydrogens is 499 g/mol. The van der Waals surface area contributed by atoms with Crippen molar-refractivity contribution in [1.82, 2.24) is 4.90 Å². The fourth-order valence-corrected chi connectivity index (χ4v) is 4.58. The van der Waals surface area contributed by atoms with E-state index in [1.165, 1.54) is 24.3 Å². The maximum absolute atomic E-state index is 13.3. The summed E-state index contributed by atoms with van der Waals surface area (Å²) in [6.07, 6.45) is 1.47. The van der Waals surface area contributed by atoms with Gasteiger partial charge in [-0.05, 0) is 66.7 Å². The topological polar surface area (TPSA) is 79.6 Å². The molecule has 3 amide bonds. The Hall–Kier alpha value is -3.17. The van der Waals surface area contributed by atoms with Gasteiger partial charge in [-0.25, -0.2) is 4.39 Å². The van der Waals surface area contributed by atoms with Crippen molar-refractivity contribution < 1.29 is 23.2 Å². The van der Waals surface area contributed by atoms with Gasteiger partial charge in [0.2, 0.25) is 5.91 Å². The first-order valence-corrected chi connectivity index (χ1v) is 11.1. The van der Waals surface area contributed by atoms with E-state index in [0.29, 0.717) is 11.5 Å². The number of amides is 3. The molecule has 1 aliphatic heterocycles. The molecule has 1 fully saturated rings. The number of thioether (sulfide) groups is 1. The third-order valence-electron chi connectivity index (χ3n) is 4.57. The maximum Gasteiger partial charge on any atom is 0.294 e. The SMILES string of the molecule is Cc1ccc(-c2ccc(/C=C3\SC(=O)N(CC(=O)Nc4cccc(F)c4)C3=O)o2)c(Br)c1. The Balaban J connectivity index is 1.46. The minimum absolute atomic E-state index is 0.150. The van der Waals surface area contributed by atoms with Crippen molar-refractivity contribution in [1.29, 1.82) is 0 Å². The van der Waals surface area contributed by atoms with E-state index in [2.05, 4.69) is 21.2 Å². The van der Waals surface area contributed by atoms with Crippen molar-refractivity contribution >= 4 is 56.5 Å². The third-order valence-corrected chi connectivity index (χ3v) is 6.14. The van der Waals surface area contributed by atoms with Gasteiger partial charge in [0.25, 0.3) is 11.1 Å². The quantitative estimate of drug-likeness (QED) is 0.433. The highest BCUT2D eigenvalue weighted by Gasteiger charge is 2.36. The van der Waals surface area contributed by atoms with Crippen molar-refractivity contribution in [2.45, 2.75) is 6.92 Å². The summed E-state index contributed by atoms with van der Waals surface area (Å²) in [4.78, 5) is 38.1. The first-order valence-electron chi connectivity index (χ1n) is 9.47. The van der Waals surface area contributed by atoms with Crippen LogP contribution in [-0.2, 0) is 9.59 Å². The van der Waals surface area contributed by atoms with Crippen molar-refractivity contribution in [3.8, 4) is 11.3 Å². The molecule has 0 saturated carbocycles. The predicted molar refractivity (Wildman–Crippen MR) is 124 cm³/mol. The van der Waals surface area contributed by atoms with Gasteiger partial charge in [0.05, 0.1) is 4.91 Å². The number of carbonyl (C=O) groups is 3. The Labute approximate surface area is 195 Å². The van der Waals surface area contributed by atoms with Crippen LogP contribution < -0.4 is 5.32 Å². The molecule has 162 valence electrons. The number of nitrogens with one attached hydrogen (secondary N) is 1. The van der Waals surface area contributed by atoms with Crippen LogP contribution in [0.4, 0.5) is 14.9 Å². The van der Waals surface area contributed by atoms with Crippen molar-refractivity contribution in [2.75, 3.05) is 11.9 Å². The zero-order valence-corrected chi connectivity index (χ0v) is 19.1. The second kappa shape index (κ2) is 9.13. The number of anilines is 1. The van der Waals surface area contributed by atoms with E-state index in [-0.39, 0.29) is 10.6 Å². The van der Waals surface area contributed by atoms with Crippen LogP contribution in [0, 0.1) is 12.7 Å². The Bertz CT molecular complexity index is 1270. The molecule has 9 heteroatoms. The highest BCUT2D eigenvalue weighted by atomic mass is 79.9. The van der Waals surface area contributed by atoms with Crippen molar-refractivity contribution in [3.63, 3.8) is 0 Å². The predicted octanol–water partition coefficient (Wildman–Crippen LogP) is 5.83. The number of imide groups is 1. The van der Waals surface area contributed by atoms with Gasteiger partial charge in [-0.3, -0.25) is 19.3 Å². The first kappa shape index (κ1) is 22.0. The summed E-state index contributed by atoms with van der Waals surface area (Å²) in [5.41, 5.74) is 2.20. The van der Waals surface area contributed by atoms with E-state index in [1.807, 2.05) is 25.1 Å². The van der Waals surface area contributed by atoms with Crippen LogP contribution >= 0.6 is 27.7 Å². The van der Waals surface area contributed by atoms with Crippen LogP contribution in [0.25, 0.3) is 17.4 Å². The summed E-state index contributed by atoms with van der Waals surface area (Å²) in [5, 5.41) is 1.90. The zero-order chi connectivity index (χ0) is 22.8. The molecule has 1 saturated heterocycles. The summed E-state index contributed by atoms with van der Waals surface area (Å²) in [7, 11) is 0. The van der Waals surface area contributed by atoms with Gasteiger partial charge >= 0.3 is 0 Å². The lowest BCUT2D eigenvalue weighted by Crippen LogP contribution is -2.36. The molecule has 4 rings (SSSR count). The molecule has 0 spiro atoms. The number of carbonyl (C=O) groups excluding carboxylic acids is 3. The summed E-state index contributed by atoms with van der Waals surface area (Å²) >= 11 is 4.24. The zero-order valence-electron chi connectivity index (χ0n) is 16.7. The molecule has 0 atom stereocenters. The van der Waals surface area contributed by atoms with Gasteiger partial charge in [0, 0.05) is 21.8 Å². The van der Waals surface area contributed by atoms with Crippen LogP contribution in [0.15, 0.2) is 68.4 Å². The Morgan fingerprint density at radius 2 is 2.00 bits per heavy atom. The van der Waals surface area contributed by atoms with E-state index in [0.717, 1.165) is 38.3 Å². The fraction of sp³-hybridized carbons (Fsp3) is 0.0870. The van der Waals surface area contributed by atoms with Crippen LogP contribution in [0.2, 0.25) is 0 Å². The lowest BCUT2D eigenvalue weighted by molar-refractivity contribution is -0.127. The maximum atomic E-state index is 13.3. The number of hydrogen-bond acceptors (Lipinski definition) is 5. The van der Waals surface area contributed by atoms with E-state index >= 15 is 0 Å². The number of nitrogens with zero attached hydrogens (tertiary/aromatic N) is 1. The summed E-state index contributed by atoms with van der Waals surface area (Å²) in [5.74, 6) is -0.695. The average Bonchev–Trinajstić information content (AvgIpc) is 3.28. The second-order valence-corrected chi connectivity index (χ2v) is 8.86. The van der Waals surface area contributed by atoms with Gasteiger partial charge in [0.1, 0.15) is 23.9 Å².